The lowest BCUT2D eigenvalue weighted by atomic mass is 10.3. The third kappa shape index (κ3) is 2.89. The Kier molecular flexibility index (Phi) is 3.53. The first kappa shape index (κ1) is 10.8. The number of hydrogen-bond acceptors (Lipinski definition) is 4. The Hall–Kier alpha value is -0.680. The third-order valence-electron chi connectivity index (χ3n) is 1.94. The van der Waals surface area contributed by atoms with Crippen LogP contribution in [0.3, 0.4) is 0 Å². The molecule has 0 fully saturated rings. The van der Waals surface area contributed by atoms with Gasteiger partial charge in [0.05, 0.1) is 13.7 Å². The van der Waals surface area contributed by atoms with Crippen molar-refractivity contribution in [2.24, 2.45) is 4.99 Å². The van der Waals surface area contributed by atoms with E-state index in [4.69, 9.17) is 4.74 Å². The van der Waals surface area contributed by atoms with Crippen LogP contribution >= 0.6 is 27.7 Å². The van der Waals surface area contributed by atoms with Crippen LogP contribution in [0.5, 0.6) is 5.75 Å². The smallest absolute Gasteiger partial charge is 0.161 e. The molecule has 1 N–H and O–H groups in total. The number of methoxy groups -OCH3 is 1. The van der Waals surface area contributed by atoms with Gasteiger partial charge in [-0.2, -0.15) is 0 Å². The van der Waals surface area contributed by atoms with Crippen LogP contribution in [-0.4, -0.2) is 24.6 Å². The molecular formula is C10H11BrN2OS. The second-order valence-corrected chi connectivity index (χ2v) is 5.04. The highest BCUT2D eigenvalue weighted by Crippen LogP contribution is 2.25. The van der Waals surface area contributed by atoms with Crippen molar-refractivity contribution in [2.75, 3.05) is 24.7 Å². The van der Waals surface area contributed by atoms with E-state index in [9.17, 15) is 0 Å². The number of benzene rings is 1. The predicted molar refractivity (Wildman–Crippen MR) is 69.1 cm³/mol. The minimum absolute atomic E-state index is 0.829. The molecule has 0 amide bonds. The first-order valence-electron chi connectivity index (χ1n) is 4.57. The molecule has 0 atom stereocenters. The highest BCUT2D eigenvalue weighted by Gasteiger charge is 2.07. The number of amidine groups is 1. The average Bonchev–Trinajstić information content (AvgIpc) is 2.69. The van der Waals surface area contributed by atoms with Crippen LogP contribution < -0.4 is 10.1 Å². The van der Waals surface area contributed by atoms with Crippen LogP contribution in [-0.2, 0) is 0 Å². The maximum absolute atomic E-state index is 5.18. The SMILES string of the molecule is COc1cc(Br)cc(NC2=NCCS2)c1. The number of nitrogens with zero attached hydrogens (tertiary/aromatic N) is 1. The van der Waals surface area contributed by atoms with Crippen molar-refractivity contribution in [2.45, 2.75) is 0 Å². The van der Waals surface area contributed by atoms with Gasteiger partial charge >= 0.3 is 0 Å². The minimum Gasteiger partial charge on any atom is -0.497 e. The number of anilines is 1. The maximum atomic E-state index is 5.18. The van der Waals surface area contributed by atoms with E-state index < -0.39 is 0 Å². The summed E-state index contributed by atoms with van der Waals surface area (Å²) in [7, 11) is 1.66. The van der Waals surface area contributed by atoms with Gasteiger partial charge in [0.2, 0.25) is 0 Å². The molecule has 80 valence electrons. The Balaban J connectivity index is 2.16. The summed E-state index contributed by atoms with van der Waals surface area (Å²) >= 11 is 5.18. The van der Waals surface area contributed by atoms with Gasteiger partial charge in [0.15, 0.2) is 5.17 Å². The molecule has 5 heteroatoms. The lowest BCUT2D eigenvalue weighted by Gasteiger charge is -2.08. The number of rotatable bonds is 2. The van der Waals surface area contributed by atoms with Crippen molar-refractivity contribution in [3.63, 3.8) is 0 Å². The molecule has 0 spiro atoms. The van der Waals surface area contributed by atoms with Gasteiger partial charge in [-0.05, 0) is 12.1 Å². The van der Waals surface area contributed by atoms with Gasteiger partial charge in [-0.1, -0.05) is 27.7 Å². The molecule has 1 aliphatic heterocycles. The predicted octanol–water partition coefficient (Wildman–Crippen LogP) is 2.97. The molecule has 3 nitrogen and oxygen atoms in total. The minimum atomic E-state index is 0.829. The lowest BCUT2D eigenvalue weighted by Crippen LogP contribution is -2.04. The number of thioether (sulfide) groups is 1. The largest absolute Gasteiger partial charge is 0.497 e. The molecule has 0 saturated heterocycles. The quantitative estimate of drug-likeness (QED) is 0.908. The van der Waals surface area contributed by atoms with Crippen molar-refractivity contribution < 1.29 is 4.74 Å². The number of nitrogens with one attached hydrogen (secondary N) is 1. The topological polar surface area (TPSA) is 33.6 Å². The number of halogens is 1. The van der Waals surface area contributed by atoms with Gasteiger partial charge < -0.3 is 10.1 Å². The van der Waals surface area contributed by atoms with E-state index in [0.29, 0.717) is 0 Å². The molecular weight excluding hydrogens is 276 g/mol. The number of ether oxygens (including phenoxy) is 1. The molecule has 2 rings (SSSR count). The molecule has 15 heavy (non-hydrogen) atoms. The fourth-order valence-electron chi connectivity index (χ4n) is 1.29. The van der Waals surface area contributed by atoms with Crippen LogP contribution in [0.2, 0.25) is 0 Å². The highest BCUT2D eigenvalue weighted by atomic mass is 79.9. The van der Waals surface area contributed by atoms with E-state index >= 15 is 0 Å². The molecule has 0 aliphatic carbocycles. The van der Waals surface area contributed by atoms with Gasteiger partial charge in [0.1, 0.15) is 5.75 Å². The first-order chi connectivity index (χ1) is 7.28. The summed E-state index contributed by atoms with van der Waals surface area (Å²) in [6, 6.07) is 5.88. The van der Waals surface area contributed by atoms with E-state index in [2.05, 4.69) is 26.2 Å². The Bertz CT molecular complexity index is 395. The normalized spacial score (nSPS) is 14.9. The van der Waals surface area contributed by atoms with Gasteiger partial charge in [-0.3, -0.25) is 4.99 Å². The van der Waals surface area contributed by atoms with Crippen molar-refractivity contribution in [1.29, 1.82) is 0 Å². The summed E-state index contributed by atoms with van der Waals surface area (Å²) < 4.78 is 6.18. The Morgan fingerprint density at radius 3 is 3.00 bits per heavy atom. The fourth-order valence-corrected chi connectivity index (χ4v) is 2.51. The number of aliphatic imine (C=N–C) groups is 1. The molecule has 1 aromatic rings. The van der Waals surface area contributed by atoms with Crippen LogP contribution in [0, 0.1) is 0 Å². The zero-order valence-corrected chi connectivity index (χ0v) is 10.7. The summed E-state index contributed by atoms with van der Waals surface area (Å²) in [5.74, 6) is 1.89. The molecule has 1 aliphatic rings. The van der Waals surface area contributed by atoms with Gasteiger partial charge in [0, 0.05) is 22.0 Å². The van der Waals surface area contributed by atoms with E-state index in [0.717, 1.165) is 33.4 Å². The molecule has 0 radical (unpaired) electrons. The van der Waals surface area contributed by atoms with Gasteiger partial charge in [-0.15, -0.1) is 0 Å². The molecule has 1 heterocycles. The monoisotopic (exact) mass is 286 g/mol. The fraction of sp³-hybridized carbons (Fsp3) is 0.300. The first-order valence-corrected chi connectivity index (χ1v) is 6.34. The van der Waals surface area contributed by atoms with Crippen molar-refractivity contribution in [3.8, 4) is 5.75 Å². The third-order valence-corrected chi connectivity index (χ3v) is 3.29. The molecule has 0 unspecified atom stereocenters. The summed E-state index contributed by atoms with van der Waals surface area (Å²) in [5, 5.41) is 4.24. The second kappa shape index (κ2) is 4.90. The van der Waals surface area contributed by atoms with Crippen molar-refractivity contribution in [1.82, 2.24) is 0 Å². The van der Waals surface area contributed by atoms with Crippen molar-refractivity contribution in [3.05, 3.63) is 22.7 Å². The molecule has 0 aromatic heterocycles. The summed E-state index contributed by atoms with van der Waals surface area (Å²) in [4.78, 5) is 4.33. The van der Waals surface area contributed by atoms with Crippen LogP contribution in [0.1, 0.15) is 0 Å². The molecule has 0 bridgehead atoms. The standard InChI is InChI=1S/C10H11BrN2OS/c1-14-9-5-7(11)4-8(6-9)13-10-12-2-3-15-10/h4-6H,2-3H2,1H3,(H,12,13). The van der Waals surface area contributed by atoms with Crippen LogP contribution in [0.15, 0.2) is 27.7 Å². The zero-order valence-electron chi connectivity index (χ0n) is 8.29. The summed E-state index contributed by atoms with van der Waals surface area (Å²) in [6.07, 6.45) is 0. The Morgan fingerprint density at radius 2 is 2.33 bits per heavy atom. The molecule has 0 saturated carbocycles. The summed E-state index contributed by atoms with van der Waals surface area (Å²) in [5.41, 5.74) is 0.995. The lowest BCUT2D eigenvalue weighted by molar-refractivity contribution is 0.415. The van der Waals surface area contributed by atoms with E-state index in [-0.39, 0.29) is 0 Å². The molecule has 1 aromatic carbocycles. The van der Waals surface area contributed by atoms with E-state index in [1.165, 1.54) is 0 Å². The Labute approximate surface area is 101 Å². The number of hydrogen-bond donors (Lipinski definition) is 1. The highest BCUT2D eigenvalue weighted by molar-refractivity contribution is 9.10. The average molecular weight is 287 g/mol. The van der Waals surface area contributed by atoms with Crippen LogP contribution in [0.25, 0.3) is 0 Å². The summed E-state index contributed by atoms with van der Waals surface area (Å²) in [6.45, 7) is 0.901. The second-order valence-electron chi connectivity index (χ2n) is 3.04. The van der Waals surface area contributed by atoms with Crippen molar-refractivity contribution >= 4 is 38.5 Å². The Morgan fingerprint density at radius 1 is 1.47 bits per heavy atom. The van der Waals surface area contributed by atoms with Gasteiger partial charge in [-0.25, -0.2) is 0 Å². The van der Waals surface area contributed by atoms with E-state index in [1.54, 1.807) is 18.9 Å². The maximum Gasteiger partial charge on any atom is 0.161 e. The van der Waals surface area contributed by atoms with Crippen LogP contribution in [0.4, 0.5) is 5.69 Å². The zero-order chi connectivity index (χ0) is 10.7. The van der Waals surface area contributed by atoms with Gasteiger partial charge in [0.25, 0.3) is 0 Å². The van der Waals surface area contributed by atoms with E-state index in [1.807, 2.05) is 18.2 Å².